The second-order valence-electron chi connectivity index (χ2n) is 16.2. The molecule has 54 heavy (non-hydrogen) atoms. The molecule has 1 aliphatic heterocycles. The van der Waals surface area contributed by atoms with E-state index in [9.17, 15) is 0 Å². The molecule has 0 saturated heterocycles. The van der Waals surface area contributed by atoms with Gasteiger partial charge in [-0.05, 0) is 0 Å². The molecule has 0 amide bonds. The molecule has 0 bridgehead atoms. The maximum absolute atomic E-state index is 2.86. The van der Waals surface area contributed by atoms with Crippen LogP contribution in [0.25, 0.3) is 45.5 Å². The summed E-state index contributed by atoms with van der Waals surface area (Å²) in [5, 5.41) is 3.37. The first kappa shape index (κ1) is 35.6. The Morgan fingerprint density at radius 3 is 1.44 bits per heavy atom. The van der Waals surface area contributed by atoms with Gasteiger partial charge in [0.05, 0.1) is 0 Å². The molecular formula is C52H51SiZr. The monoisotopic (exact) mass is 793 g/mol. The molecule has 0 N–H and O–H groups in total. The summed E-state index contributed by atoms with van der Waals surface area (Å²) in [5.74, 6) is 0.933. The van der Waals surface area contributed by atoms with E-state index in [0.717, 1.165) is 12.8 Å². The number of aryl methyl sites for hydroxylation is 2. The molecule has 2 atom stereocenters. The summed E-state index contributed by atoms with van der Waals surface area (Å²) in [5.41, 5.74) is 21.0. The summed E-state index contributed by atoms with van der Waals surface area (Å²) in [4.78, 5) is 0. The summed E-state index contributed by atoms with van der Waals surface area (Å²) >= 11 is -2.86. The summed E-state index contributed by atoms with van der Waals surface area (Å²) in [7, 11) is -0.615. The van der Waals surface area contributed by atoms with Crippen molar-refractivity contribution < 1.29 is 21.8 Å². The molecule has 0 radical (unpaired) electrons. The maximum atomic E-state index is 2.67. The van der Waals surface area contributed by atoms with Crippen LogP contribution >= 0.6 is 0 Å². The van der Waals surface area contributed by atoms with Crippen molar-refractivity contribution in [2.75, 3.05) is 0 Å². The van der Waals surface area contributed by atoms with Gasteiger partial charge in [-0.3, -0.25) is 0 Å². The molecule has 3 aliphatic rings. The van der Waals surface area contributed by atoms with Gasteiger partial charge in [-0.2, -0.15) is 0 Å². The van der Waals surface area contributed by atoms with Crippen LogP contribution < -0.4 is 13.6 Å². The molecule has 9 rings (SSSR count). The van der Waals surface area contributed by atoms with E-state index in [1.807, 2.05) is 0 Å². The molecule has 2 aliphatic carbocycles. The van der Waals surface area contributed by atoms with Crippen LogP contribution in [-0.4, -0.2) is 9.52 Å². The molecule has 0 nitrogen and oxygen atoms in total. The van der Waals surface area contributed by atoms with Crippen molar-refractivity contribution in [3.8, 4) is 33.4 Å². The average molecular weight is 795 g/mol. The Hall–Kier alpha value is -4.10. The summed E-state index contributed by atoms with van der Waals surface area (Å²) < 4.78 is 2.71. The topological polar surface area (TPSA) is 0 Å². The molecule has 0 fully saturated rings. The van der Waals surface area contributed by atoms with Gasteiger partial charge >= 0.3 is 336 Å². The molecule has 1 heterocycles. The quantitative estimate of drug-likeness (QED) is 0.128. The minimum atomic E-state index is -2.86. The van der Waals surface area contributed by atoms with Crippen LogP contribution in [-0.2, 0) is 34.6 Å². The summed E-state index contributed by atoms with van der Waals surface area (Å²) in [6.45, 7) is 14.5. The number of hydrogen-bond donors (Lipinski definition) is 0. The first-order valence-electron chi connectivity index (χ1n) is 20.3. The van der Waals surface area contributed by atoms with E-state index in [1.54, 1.807) is 35.9 Å². The van der Waals surface area contributed by atoms with Crippen LogP contribution in [0.1, 0.15) is 82.2 Å². The Balaban J connectivity index is 1.32. The van der Waals surface area contributed by atoms with Crippen LogP contribution in [0.4, 0.5) is 0 Å². The number of allylic oxidation sites excluding steroid dienone is 2. The molecule has 0 aromatic heterocycles. The van der Waals surface area contributed by atoms with E-state index in [0.29, 0.717) is 19.1 Å². The molecule has 0 saturated carbocycles. The molecule has 6 aromatic rings. The fourth-order valence-corrected chi connectivity index (χ4v) is 24.8. The fourth-order valence-electron chi connectivity index (χ4n) is 10.1. The van der Waals surface area contributed by atoms with Crippen molar-refractivity contribution in [3.05, 3.63) is 172 Å². The Morgan fingerprint density at radius 2 is 0.926 bits per heavy atom. The Bertz CT molecular complexity index is 2350. The van der Waals surface area contributed by atoms with E-state index >= 15 is 0 Å². The van der Waals surface area contributed by atoms with E-state index in [-0.39, 0.29) is 0 Å². The number of benzene rings is 6. The summed E-state index contributed by atoms with van der Waals surface area (Å²) in [6, 6.07) is 49.7. The van der Waals surface area contributed by atoms with Crippen molar-refractivity contribution in [2.45, 2.75) is 61.6 Å². The van der Waals surface area contributed by atoms with Crippen molar-refractivity contribution in [3.63, 3.8) is 0 Å². The SMILES string of the molecule is CCc1ccccc1-c1cccc2c1C=C(C(C)C)[CH]2[Zr]([c]1cccc2c1[SiH2]c1ccccc1-2)[CH]1C(C(C)C)=Cc2c(-c3ccccc3CC)cccc21. The molecule has 2 unspecified atom stereocenters. The van der Waals surface area contributed by atoms with Gasteiger partial charge in [0.15, 0.2) is 0 Å². The van der Waals surface area contributed by atoms with Crippen molar-refractivity contribution in [2.24, 2.45) is 11.8 Å². The molecule has 2 heteroatoms. The van der Waals surface area contributed by atoms with Crippen LogP contribution in [0.3, 0.4) is 0 Å². The third-order valence-corrected chi connectivity index (χ3v) is 24.6. The van der Waals surface area contributed by atoms with Gasteiger partial charge in [0.2, 0.25) is 0 Å². The first-order chi connectivity index (χ1) is 26.4. The van der Waals surface area contributed by atoms with Crippen LogP contribution in [0.15, 0.2) is 139 Å². The first-order valence-corrected chi connectivity index (χ1v) is 25.8. The van der Waals surface area contributed by atoms with Gasteiger partial charge in [-0.15, -0.1) is 0 Å². The van der Waals surface area contributed by atoms with Crippen molar-refractivity contribution >= 4 is 35.3 Å². The summed E-state index contributed by atoms with van der Waals surface area (Å²) in [6.07, 6.45) is 7.42. The van der Waals surface area contributed by atoms with Gasteiger partial charge in [-0.1, -0.05) is 0 Å². The van der Waals surface area contributed by atoms with Gasteiger partial charge in [0, 0.05) is 0 Å². The number of hydrogen-bond acceptors (Lipinski definition) is 0. The van der Waals surface area contributed by atoms with Crippen LogP contribution in [0.5, 0.6) is 0 Å². The third kappa shape index (κ3) is 5.79. The van der Waals surface area contributed by atoms with E-state index in [1.165, 1.54) is 55.6 Å². The molecule has 6 aromatic carbocycles. The van der Waals surface area contributed by atoms with Crippen LogP contribution in [0, 0.1) is 11.8 Å². The van der Waals surface area contributed by atoms with Gasteiger partial charge in [-0.25, -0.2) is 0 Å². The minimum absolute atomic E-state index is 0.463. The van der Waals surface area contributed by atoms with Gasteiger partial charge < -0.3 is 0 Å². The van der Waals surface area contributed by atoms with Crippen molar-refractivity contribution in [1.82, 2.24) is 0 Å². The number of rotatable bonds is 9. The zero-order valence-electron chi connectivity index (χ0n) is 32.7. The molecule has 0 spiro atoms. The zero-order chi connectivity index (χ0) is 37.1. The standard InChI is InChI=1S/2C20H21.C12H9Si.Zr/c2*1-4-15-8-5-6-10-18(15)19-11-7-9-16-12-17(14(2)3)13-20(16)19;1-3-7-11-9(5-1)10-6-2-4-8-12(10)13-11;/h2*5-14H,4H2,1-3H3;1-7H,13H2;. The number of fused-ring (bicyclic) bond motifs is 5. The molecular weight excluding hydrogens is 744 g/mol. The Kier molecular flexibility index (Phi) is 9.57. The Labute approximate surface area is 333 Å². The Morgan fingerprint density at radius 1 is 0.481 bits per heavy atom. The second kappa shape index (κ2) is 14.5. The van der Waals surface area contributed by atoms with E-state index in [2.05, 4.69) is 181 Å². The second-order valence-corrected chi connectivity index (χ2v) is 24.4. The van der Waals surface area contributed by atoms with E-state index < -0.39 is 31.3 Å². The van der Waals surface area contributed by atoms with E-state index in [4.69, 9.17) is 0 Å². The van der Waals surface area contributed by atoms with Gasteiger partial charge in [0.25, 0.3) is 0 Å². The normalized spacial score (nSPS) is 17.0. The third-order valence-electron chi connectivity index (χ3n) is 12.7. The molecule has 267 valence electrons. The fraction of sp³-hybridized carbons (Fsp3) is 0.231. The predicted molar refractivity (Wildman–Crippen MR) is 233 cm³/mol. The average Bonchev–Trinajstić information content (AvgIpc) is 3.91. The van der Waals surface area contributed by atoms with Crippen molar-refractivity contribution in [1.29, 1.82) is 0 Å². The zero-order valence-corrected chi connectivity index (χ0v) is 36.6. The van der Waals surface area contributed by atoms with Gasteiger partial charge in [0.1, 0.15) is 0 Å². The van der Waals surface area contributed by atoms with Crippen LogP contribution in [0.2, 0.25) is 0 Å². The predicted octanol–water partition coefficient (Wildman–Crippen LogP) is 11.1.